The zero-order valence-corrected chi connectivity index (χ0v) is 21.0. The van der Waals surface area contributed by atoms with Crippen LogP contribution in [-0.4, -0.2) is 69.6 Å². The molecule has 1 aromatic carbocycles. The number of hydrogen-bond acceptors (Lipinski definition) is 6. The van der Waals surface area contributed by atoms with Crippen molar-refractivity contribution in [1.29, 1.82) is 0 Å². The molecule has 1 N–H and O–H groups in total. The van der Waals surface area contributed by atoms with Gasteiger partial charge < -0.3 is 10.2 Å². The first-order valence-electron chi connectivity index (χ1n) is 11.1. The largest absolute Gasteiger partial charge is 0.378 e. The molecule has 0 radical (unpaired) electrons. The van der Waals surface area contributed by atoms with Crippen molar-refractivity contribution in [3.63, 3.8) is 0 Å². The smallest absolute Gasteiger partial charge is 0.0747 e. The minimum Gasteiger partial charge on any atom is -0.378 e. The number of nitrogens with one attached hydrogen (secondary N) is 1. The van der Waals surface area contributed by atoms with Crippen LogP contribution in [0.1, 0.15) is 41.0 Å². The van der Waals surface area contributed by atoms with Crippen LogP contribution in [0.4, 0.5) is 11.4 Å². The second kappa shape index (κ2) is 13.0. The van der Waals surface area contributed by atoms with Gasteiger partial charge in [0.15, 0.2) is 0 Å². The van der Waals surface area contributed by atoms with Gasteiger partial charge in [-0.05, 0) is 52.3 Å². The van der Waals surface area contributed by atoms with E-state index in [0.29, 0.717) is 5.92 Å². The molecule has 1 rings (SSSR count). The lowest BCUT2D eigenvalue weighted by Gasteiger charge is -2.29. The van der Waals surface area contributed by atoms with Crippen LogP contribution in [0.5, 0.6) is 0 Å². The summed E-state index contributed by atoms with van der Waals surface area (Å²) in [5, 5.41) is 20.5. The van der Waals surface area contributed by atoms with Crippen molar-refractivity contribution in [1.82, 2.24) is 10.0 Å². The summed E-state index contributed by atoms with van der Waals surface area (Å²) in [4.78, 5) is 2.11. The van der Waals surface area contributed by atoms with Crippen molar-refractivity contribution in [2.24, 2.45) is 21.4 Å². The van der Waals surface area contributed by atoms with Crippen LogP contribution < -0.4 is 10.2 Å². The molecule has 0 heterocycles. The molecule has 174 valence electrons. The maximum atomic E-state index is 4.54. The highest BCUT2D eigenvalue weighted by Gasteiger charge is 2.22. The van der Waals surface area contributed by atoms with E-state index in [2.05, 4.69) is 111 Å². The SMILES string of the molecule is C=NN(C)[C@@H](C)[C@H](C)C(C)N=NN(C)CCC(Nc1cccc(N(C)C)c1)/C(C)=C/C. The Bertz CT molecular complexity index is 728. The van der Waals surface area contributed by atoms with Crippen molar-refractivity contribution >= 4 is 18.1 Å². The van der Waals surface area contributed by atoms with Crippen molar-refractivity contribution < 1.29 is 0 Å². The first-order chi connectivity index (χ1) is 14.6. The molecule has 0 aliphatic heterocycles. The molecule has 7 nitrogen and oxygen atoms in total. The zero-order valence-electron chi connectivity index (χ0n) is 21.0. The Balaban J connectivity index is 2.71. The Kier molecular flexibility index (Phi) is 11.1. The van der Waals surface area contributed by atoms with Crippen LogP contribution >= 0.6 is 0 Å². The number of nitrogens with zero attached hydrogens (tertiary/aromatic N) is 6. The standard InChI is InChI=1S/C24H43N7/c1-11-18(2)24(26-22-13-12-14-23(17-22)29(7)8)15-16-30(9)28-27-20(4)19(3)21(5)31(10)25-6/h11-14,17,19-21,24,26H,6,15-16H2,1-5,7-10H3/b18-11+,28-27?/t19-,20?,21+,24?/m1/s1. The second-order valence-electron chi connectivity index (χ2n) is 8.60. The monoisotopic (exact) mass is 429 g/mol. The normalized spacial score (nSPS) is 15.8. The third kappa shape index (κ3) is 8.59. The lowest BCUT2D eigenvalue weighted by molar-refractivity contribution is 0.186. The van der Waals surface area contributed by atoms with Crippen LogP contribution in [0.25, 0.3) is 0 Å². The van der Waals surface area contributed by atoms with Gasteiger partial charge >= 0.3 is 0 Å². The highest BCUT2D eigenvalue weighted by atomic mass is 15.5. The van der Waals surface area contributed by atoms with Crippen molar-refractivity contribution in [2.45, 2.75) is 59.2 Å². The van der Waals surface area contributed by atoms with Gasteiger partial charge in [-0.25, -0.2) is 0 Å². The minimum atomic E-state index is 0.0987. The molecule has 0 fully saturated rings. The third-order valence-electron chi connectivity index (χ3n) is 6.17. The molecule has 0 saturated heterocycles. The van der Waals surface area contributed by atoms with E-state index in [-0.39, 0.29) is 18.1 Å². The van der Waals surface area contributed by atoms with Gasteiger partial charge in [-0.15, -0.1) is 0 Å². The van der Waals surface area contributed by atoms with E-state index >= 15 is 0 Å². The van der Waals surface area contributed by atoms with Gasteiger partial charge in [0.1, 0.15) is 0 Å². The molecule has 7 heteroatoms. The molecular formula is C24H43N7. The van der Waals surface area contributed by atoms with E-state index < -0.39 is 0 Å². The van der Waals surface area contributed by atoms with E-state index in [0.717, 1.165) is 18.7 Å². The van der Waals surface area contributed by atoms with Crippen LogP contribution in [0.15, 0.2) is 51.4 Å². The number of hydrazone groups is 1. The number of anilines is 2. The van der Waals surface area contributed by atoms with E-state index in [4.69, 9.17) is 0 Å². The molecule has 0 spiro atoms. The van der Waals surface area contributed by atoms with Crippen LogP contribution in [0.2, 0.25) is 0 Å². The quantitative estimate of drug-likeness (QED) is 0.204. The molecule has 0 aliphatic rings. The predicted octanol–water partition coefficient (Wildman–Crippen LogP) is 5.15. The van der Waals surface area contributed by atoms with Gasteiger partial charge in [0.05, 0.1) is 6.04 Å². The highest BCUT2D eigenvalue weighted by molar-refractivity contribution is 5.58. The Labute approximate surface area is 189 Å². The molecule has 1 aromatic rings. The molecule has 0 bridgehead atoms. The zero-order chi connectivity index (χ0) is 23.6. The summed E-state index contributed by atoms with van der Waals surface area (Å²) >= 11 is 0. The molecular weight excluding hydrogens is 386 g/mol. The average Bonchev–Trinajstić information content (AvgIpc) is 2.77. The lowest BCUT2D eigenvalue weighted by Crippen LogP contribution is -2.35. The van der Waals surface area contributed by atoms with E-state index in [9.17, 15) is 0 Å². The first-order valence-corrected chi connectivity index (χ1v) is 11.1. The number of rotatable bonds is 13. The van der Waals surface area contributed by atoms with Gasteiger partial charge in [0.25, 0.3) is 0 Å². The number of allylic oxidation sites excluding steroid dienone is 1. The summed E-state index contributed by atoms with van der Waals surface area (Å²) < 4.78 is 0. The molecule has 0 saturated carbocycles. The van der Waals surface area contributed by atoms with E-state index in [1.54, 1.807) is 0 Å². The topological polar surface area (TPSA) is 58.8 Å². The molecule has 0 aromatic heterocycles. The molecule has 2 unspecified atom stereocenters. The molecule has 0 aliphatic carbocycles. The van der Waals surface area contributed by atoms with Gasteiger partial charge in [0.2, 0.25) is 0 Å². The van der Waals surface area contributed by atoms with Gasteiger partial charge in [-0.3, -0.25) is 10.0 Å². The highest BCUT2D eigenvalue weighted by Crippen LogP contribution is 2.21. The summed E-state index contributed by atoms with van der Waals surface area (Å²) in [7, 11) is 8.04. The fourth-order valence-corrected chi connectivity index (χ4v) is 3.20. The van der Waals surface area contributed by atoms with Crippen molar-refractivity contribution in [3.05, 3.63) is 35.9 Å². The second-order valence-corrected chi connectivity index (χ2v) is 8.60. The fourth-order valence-electron chi connectivity index (χ4n) is 3.20. The van der Waals surface area contributed by atoms with Gasteiger partial charge in [0, 0.05) is 70.8 Å². The molecule has 4 atom stereocenters. The number of hydrogen-bond donors (Lipinski definition) is 1. The minimum absolute atomic E-state index is 0.0987. The summed E-state index contributed by atoms with van der Waals surface area (Å²) in [6, 6.07) is 9.09. The average molecular weight is 430 g/mol. The summed E-state index contributed by atoms with van der Waals surface area (Å²) in [5.41, 5.74) is 3.62. The summed E-state index contributed by atoms with van der Waals surface area (Å²) in [6.07, 6.45) is 3.10. The van der Waals surface area contributed by atoms with Crippen molar-refractivity contribution in [3.8, 4) is 0 Å². The lowest BCUT2D eigenvalue weighted by atomic mass is 9.96. The maximum Gasteiger partial charge on any atom is 0.0747 e. The Morgan fingerprint density at radius 2 is 1.84 bits per heavy atom. The fraction of sp³-hybridized carbons (Fsp3) is 0.625. The van der Waals surface area contributed by atoms with Gasteiger partial charge in [-0.2, -0.15) is 10.2 Å². The molecule has 31 heavy (non-hydrogen) atoms. The maximum absolute atomic E-state index is 4.54. The van der Waals surface area contributed by atoms with E-state index in [1.807, 2.05) is 24.1 Å². The first kappa shape index (κ1) is 26.5. The van der Waals surface area contributed by atoms with Crippen LogP contribution in [-0.2, 0) is 0 Å². The van der Waals surface area contributed by atoms with Gasteiger partial charge in [-0.1, -0.05) is 29.9 Å². The van der Waals surface area contributed by atoms with E-state index in [1.165, 1.54) is 11.3 Å². The Hall–Kier alpha value is -2.57. The Morgan fingerprint density at radius 3 is 2.42 bits per heavy atom. The van der Waals surface area contributed by atoms with Crippen LogP contribution in [0.3, 0.4) is 0 Å². The summed E-state index contributed by atoms with van der Waals surface area (Å²) in [6.45, 7) is 15.1. The molecule has 0 amide bonds. The Morgan fingerprint density at radius 1 is 1.16 bits per heavy atom. The van der Waals surface area contributed by atoms with Crippen molar-refractivity contribution in [2.75, 3.05) is 45.0 Å². The third-order valence-corrected chi connectivity index (χ3v) is 6.17. The predicted molar refractivity (Wildman–Crippen MR) is 135 cm³/mol. The number of benzene rings is 1. The van der Waals surface area contributed by atoms with Crippen LogP contribution in [0, 0.1) is 5.92 Å². The summed E-state index contributed by atoms with van der Waals surface area (Å²) in [5.74, 6) is 0.316.